The number of hydrogen-bond donors (Lipinski definition) is 1. The maximum absolute atomic E-state index is 11.7. The Kier molecular flexibility index (Phi) is 3.47. The maximum Gasteiger partial charge on any atom is 0.231 e. The fourth-order valence-electron chi connectivity index (χ4n) is 1.62. The molecule has 2 rings (SSSR count). The molecule has 0 saturated carbocycles. The molecule has 6 nitrogen and oxygen atoms in total. The van der Waals surface area contributed by atoms with Gasteiger partial charge in [0.1, 0.15) is 0 Å². The molecule has 1 heterocycles. The van der Waals surface area contributed by atoms with Gasteiger partial charge in [-0.2, -0.15) is 0 Å². The van der Waals surface area contributed by atoms with Crippen molar-refractivity contribution in [3.05, 3.63) is 23.8 Å². The quantitative estimate of drug-likeness (QED) is 0.853. The number of ether oxygens (including phenoxy) is 2. The molecule has 1 aliphatic rings. The molecule has 0 spiro atoms. The molecule has 0 bridgehead atoms. The van der Waals surface area contributed by atoms with E-state index in [1.165, 1.54) is 18.4 Å². The highest BCUT2D eigenvalue weighted by atomic mass is 32.2. The summed E-state index contributed by atoms with van der Waals surface area (Å²) < 4.78 is 35.1. The average Bonchev–Trinajstić information content (AvgIpc) is 2.74. The van der Waals surface area contributed by atoms with E-state index in [0.29, 0.717) is 17.1 Å². The Morgan fingerprint density at radius 3 is 2.67 bits per heavy atom. The van der Waals surface area contributed by atoms with Crippen molar-refractivity contribution in [2.24, 2.45) is 5.73 Å². The number of nitrogens with zero attached hydrogens (tertiary/aromatic N) is 1. The Hall–Kier alpha value is -1.31. The second kappa shape index (κ2) is 4.75. The first-order valence-corrected chi connectivity index (χ1v) is 7.06. The van der Waals surface area contributed by atoms with Gasteiger partial charge in [0.15, 0.2) is 11.5 Å². The number of hydrogen-bond acceptors (Lipinski definition) is 5. The molecule has 1 atom stereocenters. The Labute approximate surface area is 106 Å². The van der Waals surface area contributed by atoms with Crippen LogP contribution in [0.15, 0.2) is 18.2 Å². The summed E-state index contributed by atoms with van der Waals surface area (Å²) in [5.74, 6) is 1.12. The lowest BCUT2D eigenvalue weighted by Gasteiger charge is -2.16. The predicted molar refractivity (Wildman–Crippen MR) is 67.0 cm³/mol. The summed E-state index contributed by atoms with van der Waals surface area (Å²) in [5, 5.41) is 0. The molecular weight excluding hydrogens is 256 g/mol. The van der Waals surface area contributed by atoms with Crippen molar-refractivity contribution >= 4 is 10.0 Å². The summed E-state index contributed by atoms with van der Waals surface area (Å²) in [6.07, 6.45) is 0. The topological polar surface area (TPSA) is 81.9 Å². The van der Waals surface area contributed by atoms with E-state index in [9.17, 15) is 8.42 Å². The molecule has 18 heavy (non-hydrogen) atoms. The van der Waals surface area contributed by atoms with Crippen LogP contribution in [0.2, 0.25) is 0 Å². The summed E-state index contributed by atoms with van der Waals surface area (Å²) in [7, 11) is -0.348. The zero-order valence-corrected chi connectivity index (χ0v) is 11.1. The smallest absolute Gasteiger partial charge is 0.231 e. The highest BCUT2D eigenvalue weighted by molar-refractivity contribution is 7.89. The molecule has 0 saturated heterocycles. The predicted octanol–water partition coefficient (Wildman–Crippen LogP) is 0.307. The minimum atomic E-state index is -3.32. The van der Waals surface area contributed by atoms with Gasteiger partial charge in [0.2, 0.25) is 16.8 Å². The van der Waals surface area contributed by atoms with Gasteiger partial charge in [0.05, 0.1) is 5.75 Å². The molecule has 0 aromatic heterocycles. The van der Waals surface area contributed by atoms with E-state index in [1.54, 1.807) is 18.2 Å². The number of rotatable bonds is 4. The highest BCUT2D eigenvalue weighted by Crippen LogP contribution is 2.34. The van der Waals surface area contributed by atoms with Gasteiger partial charge in [-0.15, -0.1) is 0 Å². The Morgan fingerprint density at radius 1 is 1.33 bits per heavy atom. The fourth-order valence-corrected chi connectivity index (χ4v) is 2.56. The minimum absolute atomic E-state index is 0.139. The Balaban J connectivity index is 2.17. The number of sulfonamides is 1. The average molecular weight is 272 g/mol. The van der Waals surface area contributed by atoms with Gasteiger partial charge in [-0.05, 0) is 17.7 Å². The molecule has 100 valence electrons. The van der Waals surface area contributed by atoms with Crippen molar-refractivity contribution < 1.29 is 17.9 Å². The summed E-state index contributed by atoms with van der Waals surface area (Å²) >= 11 is 0. The van der Waals surface area contributed by atoms with Crippen LogP contribution < -0.4 is 15.2 Å². The maximum atomic E-state index is 11.7. The summed E-state index contributed by atoms with van der Waals surface area (Å²) in [6.45, 7) is 0.185. The van der Waals surface area contributed by atoms with Gasteiger partial charge < -0.3 is 15.2 Å². The van der Waals surface area contributed by atoms with Crippen molar-refractivity contribution in [1.29, 1.82) is 0 Å². The molecule has 0 amide bonds. The lowest BCUT2D eigenvalue weighted by Crippen LogP contribution is -2.31. The van der Waals surface area contributed by atoms with Crippen molar-refractivity contribution in [3.8, 4) is 11.5 Å². The van der Waals surface area contributed by atoms with Crippen LogP contribution in [-0.2, 0) is 10.0 Å². The molecule has 0 radical (unpaired) electrons. The third-order valence-electron chi connectivity index (χ3n) is 2.77. The molecule has 0 aliphatic carbocycles. The zero-order valence-electron chi connectivity index (χ0n) is 10.3. The minimum Gasteiger partial charge on any atom is -0.454 e. The van der Waals surface area contributed by atoms with Crippen LogP contribution in [0.5, 0.6) is 11.5 Å². The summed E-state index contributed by atoms with van der Waals surface area (Å²) in [4.78, 5) is 0. The van der Waals surface area contributed by atoms with E-state index in [2.05, 4.69) is 0 Å². The first-order valence-electron chi connectivity index (χ1n) is 5.45. The van der Waals surface area contributed by atoms with Crippen LogP contribution in [0.3, 0.4) is 0 Å². The molecule has 0 unspecified atom stereocenters. The lowest BCUT2D eigenvalue weighted by molar-refractivity contribution is 0.174. The normalized spacial score (nSPS) is 16.0. The van der Waals surface area contributed by atoms with E-state index in [-0.39, 0.29) is 12.5 Å². The molecule has 0 fully saturated rings. The third-order valence-corrected chi connectivity index (χ3v) is 4.66. The first kappa shape index (κ1) is 13.1. The van der Waals surface area contributed by atoms with E-state index in [1.807, 2.05) is 0 Å². The monoisotopic (exact) mass is 272 g/mol. The van der Waals surface area contributed by atoms with Gasteiger partial charge in [-0.25, -0.2) is 12.7 Å². The fraction of sp³-hybridized carbons (Fsp3) is 0.455. The van der Waals surface area contributed by atoms with Crippen LogP contribution in [0.1, 0.15) is 11.6 Å². The molecule has 7 heteroatoms. The van der Waals surface area contributed by atoms with Gasteiger partial charge in [-0.3, -0.25) is 0 Å². The lowest BCUT2D eigenvalue weighted by atomic mass is 10.1. The van der Waals surface area contributed by atoms with E-state index < -0.39 is 16.1 Å². The Bertz CT molecular complexity index is 542. The molecule has 1 aromatic carbocycles. The zero-order chi connectivity index (χ0) is 13.3. The SMILES string of the molecule is CN(C)S(=O)(=O)C[C@@H](N)c1ccc2c(c1)OCO2. The van der Waals surface area contributed by atoms with Crippen LogP contribution >= 0.6 is 0 Å². The second-order valence-electron chi connectivity index (χ2n) is 4.28. The van der Waals surface area contributed by atoms with E-state index in [0.717, 1.165) is 0 Å². The van der Waals surface area contributed by atoms with Crippen LogP contribution in [-0.4, -0.2) is 39.4 Å². The van der Waals surface area contributed by atoms with Crippen LogP contribution in [0.25, 0.3) is 0 Å². The number of fused-ring (bicyclic) bond motifs is 1. The van der Waals surface area contributed by atoms with Crippen molar-refractivity contribution in [1.82, 2.24) is 4.31 Å². The van der Waals surface area contributed by atoms with E-state index >= 15 is 0 Å². The Morgan fingerprint density at radius 2 is 2.00 bits per heavy atom. The largest absolute Gasteiger partial charge is 0.454 e. The van der Waals surface area contributed by atoms with Gasteiger partial charge in [0, 0.05) is 20.1 Å². The molecule has 1 aromatic rings. The highest BCUT2D eigenvalue weighted by Gasteiger charge is 2.22. The van der Waals surface area contributed by atoms with E-state index in [4.69, 9.17) is 15.2 Å². The van der Waals surface area contributed by atoms with Gasteiger partial charge in [0.25, 0.3) is 0 Å². The third kappa shape index (κ3) is 2.58. The second-order valence-corrected chi connectivity index (χ2v) is 6.51. The van der Waals surface area contributed by atoms with Gasteiger partial charge >= 0.3 is 0 Å². The van der Waals surface area contributed by atoms with Crippen molar-refractivity contribution in [2.45, 2.75) is 6.04 Å². The van der Waals surface area contributed by atoms with Crippen molar-refractivity contribution in [2.75, 3.05) is 26.6 Å². The first-order chi connectivity index (χ1) is 8.40. The summed E-state index contributed by atoms with van der Waals surface area (Å²) in [6, 6.07) is 4.62. The molecule has 2 N–H and O–H groups in total. The number of nitrogens with two attached hydrogens (primary N) is 1. The standard InChI is InChI=1S/C11H16N2O4S/c1-13(2)18(14,15)6-9(12)8-3-4-10-11(5-8)17-7-16-10/h3-5,9H,6-7,12H2,1-2H3/t9-/m1/s1. The van der Waals surface area contributed by atoms with Crippen LogP contribution in [0, 0.1) is 0 Å². The molecule has 1 aliphatic heterocycles. The summed E-state index contributed by atoms with van der Waals surface area (Å²) in [5.41, 5.74) is 6.62. The van der Waals surface area contributed by atoms with Gasteiger partial charge in [-0.1, -0.05) is 6.07 Å². The van der Waals surface area contributed by atoms with Crippen molar-refractivity contribution in [3.63, 3.8) is 0 Å². The molecular formula is C11H16N2O4S. The number of benzene rings is 1. The van der Waals surface area contributed by atoms with Crippen LogP contribution in [0.4, 0.5) is 0 Å².